The van der Waals surface area contributed by atoms with E-state index in [9.17, 15) is 5.21 Å². The monoisotopic (exact) mass is 182 g/mol. The summed E-state index contributed by atoms with van der Waals surface area (Å²) >= 11 is 0. The normalized spacial score (nSPS) is 10.5. The Morgan fingerprint density at radius 2 is 2.00 bits per heavy atom. The molecule has 1 aromatic heterocycles. The van der Waals surface area contributed by atoms with Crippen LogP contribution in [-0.2, 0) is 0 Å². The molecule has 0 aliphatic heterocycles. The van der Waals surface area contributed by atoms with Gasteiger partial charge in [-0.1, -0.05) is 13.8 Å². The van der Waals surface area contributed by atoms with Crippen LogP contribution in [0, 0.1) is 6.92 Å². The fraction of sp³-hybridized carbons (Fsp3) is 0.500. The third kappa shape index (κ3) is 1.74. The number of rotatable bonds is 2. The van der Waals surface area contributed by atoms with E-state index >= 15 is 0 Å². The highest BCUT2D eigenvalue weighted by atomic mass is 16.5. The Kier molecular flexibility index (Phi) is 2.76. The second-order valence-corrected chi connectivity index (χ2v) is 3.39. The van der Waals surface area contributed by atoms with E-state index in [0.29, 0.717) is 0 Å². The number of hydrogen-bond donors (Lipinski definition) is 1. The number of nitrogens with zero attached hydrogens (tertiary/aromatic N) is 1. The highest BCUT2D eigenvalue weighted by molar-refractivity contribution is 5.26. The molecule has 3 heteroatoms. The van der Waals surface area contributed by atoms with E-state index in [2.05, 4.69) is 0 Å². The molecule has 72 valence electrons. The summed E-state index contributed by atoms with van der Waals surface area (Å²) in [5.41, 5.74) is 1.62. The molecule has 13 heavy (non-hydrogen) atoms. The SMILES string of the molecule is COc1ccc(C)[n+](O)c1C(C)C. The van der Waals surface area contributed by atoms with E-state index in [1.54, 1.807) is 7.11 Å². The van der Waals surface area contributed by atoms with E-state index in [1.807, 2.05) is 32.9 Å². The van der Waals surface area contributed by atoms with Crippen molar-refractivity contribution in [2.45, 2.75) is 26.7 Å². The molecule has 0 fully saturated rings. The number of aryl methyl sites for hydroxylation is 1. The first-order valence-corrected chi connectivity index (χ1v) is 4.36. The van der Waals surface area contributed by atoms with E-state index in [4.69, 9.17) is 4.74 Å². The molecular formula is C10H16NO2+. The minimum absolute atomic E-state index is 0.236. The fourth-order valence-corrected chi connectivity index (χ4v) is 1.35. The molecule has 0 bridgehead atoms. The number of aromatic nitrogens is 1. The molecule has 0 saturated carbocycles. The van der Waals surface area contributed by atoms with Gasteiger partial charge in [0.2, 0.25) is 5.69 Å². The number of methoxy groups -OCH3 is 1. The van der Waals surface area contributed by atoms with Crippen molar-refractivity contribution in [1.82, 2.24) is 0 Å². The average Bonchev–Trinajstić information content (AvgIpc) is 2.08. The van der Waals surface area contributed by atoms with Crippen LogP contribution in [0.5, 0.6) is 5.75 Å². The van der Waals surface area contributed by atoms with E-state index in [-0.39, 0.29) is 5.92 Å². The molecule has 0 amide bonds. The topological polar surface area (TPSA) is 33.3 Å². The van der Waals surface area contributed by atoms with Gasteiger partial charge in [-0.05, 0) is 6.07 Å². The van der Waals surface area contributed by atoms with E-state index in [0.717, 1.165) is 17.1 Å². The lowest BCUT2D eigenvalue weighted by Crippen LogP contribution is -2.39. The van der Waals surface area contributed by atoms with Gasteiger partial charge in [0.15, 0.2) is 5.75 Å². The van der Waals surface area contributed by atoms with E-state index < -0.39 is 0 Å². The largest absolute Gasteiger partial charge is 0.490 e. The van der Waals surface area contributed by atoms with Crippen LogP contribution >= 0.6 is 0 Å². The maximum atomic E-state index is 9.72. The minimum atomic E-state index is 0.236. The Balaban J connectivity index is 3.32. The summed E-state index contributed by atoms with van der Waals surface area (Å²) in [5, 5.41) is 9.72. The van der Waals surface area contributed by atoms with Crippen molar-refractivity contribution in [3.8, 4) is 5.75 Å². The van der Waals surface area contributed by atoms with Crippen molar-refractivity contribution < 1.29 is 14.7 Å². The van der Waals surface area contributed by atoms with Crippen LogP contribution in [0.4, 0.5) is 0 Å². The van der Waals surface area contributed by atoms with Crippen molar-refractivity contribution in [3.05, 3.63) is 23.5 Å². The summed E-state index contributed by atoms with van der Waals surface area (Å²) in [5.74, 6) is 0.961. The van der Waals surface area contributed by atoms with Gasteiger partial charge in [-0.25, -0.2) is 0 Å². The minimum Gasteiger partial charge on any atom is -0.490 e. The lowest BCUT2D eigenvalue weighted by atomic mass is 10.1. The smallest absolute Gasteiger partial charge is 0.278 e. The van der Waals surface area contributed by atoms with Crippen molar-refractivity contribution in [2.24, 2.45) is 0 Å². The summed E-state index contributed by atoms with van der Waals surface area (Å²) < 4.78 is 6.35. The maximum Gasteiger partial charge on any atom is 0.278 e. The van der Waals surface area contributed by atoms with Gasteiger partial charge in [0, 0.05) is 23.6 Å². The second kappa shape index (κ2) is 3.64. The fourth-order valence-electron chi connectivity index (χ4n) is 1.35. The Labute approximate surface area is 78.5 Å². The van der Waals surface area contributed by atoms with Crippen molar-refractivity contribution in [1.29, 1.82) is 0 Å². The summed E-state index contributed by atoms with van der Waals surface area (Å²) in [4.78, 5) is 0. The standard InChI is InChI=1S/C10H16NO2/c1-7(2)10-9(13-4)6-5-8(3)11(10)12/h5-7,12H,1-4H3/q+1. The van der Waals surface area contributed by atoms with Crippen molar-refractivity contribution in [3.63, 3.8) is 0 Å². The van der Waals surface area contributed by atoms with Crippen LogP contribution in [0.3, 0.4) is 0 Å². The first kappa shape index (κ1) is 9.84. The van der Waals surface area contributed by atoms with Gasteiger partial charge in [-0.2, -0.15) is 0 Å². The third-order valence-corrected chi connectivity index (χ3v) is 2.06. The molecule has 1 N–H and O–H groups in total. The zero-order chi connectivity index (χ0) is 10.0. The molecule has 0 aromatic carbocycles. The van der Waals surface area contributed by atoms with Gasteiger partial charge in [0.25, 0.3) is 5.69 Å². The van der Waals surface area contributed by atoms with Gasteiger partial charge < -0.3 is 4.74 Å². The van der Waals surface area contributed by atoms with Crippen molar-refractivity contribution >= 4 is 0 Å². The van der Waals surface area contributed by atoms with Crippen LogP contribution < -0.4 is 9.47 Å². The Morgan fingerprint density at radius 3 is 2.46 bits per heavy atom. The van der Waals surface area contributed by atoms with Gasteiger partial charge >= 0.3 is 0 Å². The second-order valence-electron chi connectivity index (χ2n) is 3.39. The lowest BCUT2D eigenvalue weighted by Gasteiger charge is -2.07. The first-order chi connectivity index (χ1) is 6.07. The molecule has 0 radical (unpaired) electrons. The highest BCUT2D eigenvalue weighted by Gasteiger charge is 2.23. The van der Waals surface area contributed by atoms with Crippen LogP contribution in [0.25, 0.3) is 0 Å². The van der Waals surface area contributed by atoms with Gasteiger partial charge in [-0.3, -0.25) is 5.21 Å². The molecule has 1 rings (SSSR count). The van der Waals surface area contributed by atoms with E-state index in [1.165, 1.54) is 4.73 Å². The molecule has 0 aliphatic rings. The molecule has 0 spiro atoms. The summed E-state index contributed by atoms with van der Waals surface area (Å²) in [6, 6.07) is 3.70. The third-order valence-electron chi connectivity index (χ3n) is 2.06. The first-order valence-electron chi connectivity index (χ1n) is 4.36. The molecule has 1 aromatic rings. The number of hydrogen-bond acceptors (Lipinski definition) is 2. The summed E-state index contributed by atoms with van der Waals surface area (Å²) in [6.07, 6.45) is 0. The van der Waals surface area contributed by atoms with Gasteiger partial charge in [-0.15, -0.1) is 0 Å². The van der Waals surface area contributed by atoms with Crippen molar-refractivity contribution in [2.75, 3.05) is 7.11 Å². The van der Waals surface area contributed by atoms with Gasteiger partial charge in [0.1, 0.15) is 0 Å². The molecule has 3 nitrogen and oxygen atoms in total. The zero-order valence-corrected chi connectivity index (χ0v) is 8.53. The van der Waals surface area contributed by atoms with Crippen LogP contribution in [0.1, 0.15) is 31.2 Å². The molecule has 0 unspecified atom stereocenters. The summed E-state index contributed by atoms with van der Waals surface area (Å²) in [7, 11) is 1.61. The molecular weight excluding hydrogens is 166 g/mol. The summed E-state index contributed by atoms with van der Waals surface area (Å²) in [6.45, 7) is 5.89. The molecule has 0 saturated heterocycles. The average molecular weight is 182 g/mol. The predicted molar refractivity (Wildman–Crippen MR) is 49.2 cm³/mol. The lowest BCUT2D eigenvalue weighted by molar-refractivity contribution is -0.914. The molecule has 1 heterocycles. The van der Waals surface area contributed by atoms with Crippen LogP contribution in [-0.4, -0.2) is 12.3 Å². The number of ether oxygens (including phenoxy) is 1. The van der Waals surface area contributed by atoms with Crippen LogP contribution in [0.2, 0.25) is 0 Å². The zero-order valence-electron chi connectivity index (χ0n) is 8.53. The highest BCUT2D eigenvalue weighted by Crippen LogP contribution is 2.22. The number of pyridine rings is 1. The molecule has 0 aliphatic carbocycles. The van der Waals surface area contributed by atoms with Gasteiger partial charge in [0.05, 0.1) is 7.11 Å². The predicted octanol–water partition coefficient (Wildman–Crippen LogP) is 1.65. The Morgan fingerprint density at radius 1 is 1.38 bits per heavy atom. The Hall–Kier alpha value is -1.25. The van der Waals surface area contributed by atoms with Crippen LogP contribution in [0.15, 0.2) is 12.1 Å². The molecule has 0 atom stereocenters. The quantitative estimate of drug-likeness (QED) is 0.557. The maximum absolute atomic E-state index is 9.72. The Bertz CT molecular complexity index is 308.